The molecular formula is C14H18FNO3. The van der Waals surface area contributed by atoms with E-state index < -0.39 is 0 Å². The summed E-state index contributed by atoms with van der Waals surface area (Å²) in [7, 11) is 1.49. The van der Waals surface area contributed by atoms with E-state index in [4.69, 9.17) is 9.47 Å². The van der Waals surface area contributed by atoms with Crippen LogP contribution in [-0.2, 0) is 9.53 Å². The van der Waals surface area contributed by atoms with Crippen LogP contribution in [0.15, 0.2) is 12.3 Å². The van der Waals surface area contributed by atoms with Gasteiger partial charge in [0.05, 0.1) is 26.3 Å². The minimum Gasteiger partial charge on any atom is -0.481 e. The molecule has 0 saturated heterocycles. The molecule has 1 atom stereocenters. The van der Waals surface area contributed by atoms with Crippen molar-refractivity contribution < 1.29 is 18.7 Å². The van der Waals surface area contributed by atoms with Crippen molar-refractivity contribution in [1.29, 1.82) is 0 Å². The van der Waals surface area contributed by atoms with Gasteiger partial charge in [-0.15, -0.1) is 0 Å². The number of nitrogens with zero attached hydrogens (tertiary/aromatic N) is 1. The van der Waals surface area contributed by atoms with Crippen molar-refractivity contribution in [3.63, 3.8) is 0 Å². The first kappa shape index (κ1) is 13.8. The Morgan fingerprint density at radius 2 is 2.32 bits per heavy atom. The van der Waals surface area contributed by atoms with Crippen LogP contribution in [0.4, 0.5) is 4.39 Å². The Hall–Kier alpha value is -1.65. The maximum Gasteiger partial charge on any atom is 0.306 e. The fourth-order valence-corrected chi connectivity index (χ4v) is 2.26. The average Bonchev–Trinajstić information content (AvgIpc) is 3.21. The minimum absolute atomic E-state index is 0.143. The molecular weight excluding hydrogens is 249 g/mol. The Labute approximate surface area is 111 Å². The summed E-state index contributed by atoms with van der Waals surface area (Å²) in [5, 5.41) is 0. The van der Waals surface area contributed by atoms with Crippen molar-refractivity contribution in [2.75, 3.05) is 13.7 Å². The summed E-state index contributed by atoms with van der Waals surface area (Å²) in [6.07, 6.45) is 3.40. The molecule has 1 aromatic heterocycles. The van der Waals surface area contributed by atoms with E-state index in [1.54, 1.807) is 13.0 Å². The molecule has 0 amide bonds. The second kappa shape index (κ2) is 5.99. The van der Waals surface area contributed by atoms with Crippen molar-refractivity contribution in [1.82, 2.24) is 4.98 Å². The Morgan fingerprint density at radius 1 is 1.58 bits per heavy atom. The Bertz CT molecular complexity index is 460. The summed E-state index contributed by atoms with van der Waals surface area (Å²) in [4.78, 5) is 15.5. The third-order valence-electron chi connectivity index (χ3n) is 3.35. The predicted molar refractivity (Wildman–Crippen MR) is 67.5 cm³/mol. The number of ether oxygens (including phenoxy) is 2. The van der Waals surface area contributed by atoms with E-state index >= 15 is 0 Å². The average molecular weight is 267 g/mol. The molecule has 104 valence electrons. The Kier molecular flexibility index (Phi) is 4.35. The van der Waals surface area contributed by atoms with Crippen LogP contribution in [0.25, 0.3) is 0 Å². The highest BCUT2D eigenvalue weighted by Gasteiger charge is 2.36. The van der Waals surface area contributed by atoms with Crippen LogP contribution in [0.2, 0.25) is 0 Å². The van der Waals surface area contributed by atoms with Crippen molar-refractivity contribution >= 4 is 5.97 Å². The van der Waals surface area contributed by atoms with E-state index in [2.05, 4.69) is 4.98 Å². The molecule has 1 fully saturated rings. The number of carbonyl (C=O) groups excluding carboxylic acids is 1. The molecule has 1 saturated carbocycles. The van der Waals surface area contributed by atoms with Gasteiger partial charge in [-0.2, -0.15) is 0 Å². The molecule has 1 aliphatic rings. The summed E-state index contributed by atoms with van der Waals surface area (Å²) in [5.74, 6) is -0.0931. The second-order valence-corrected chi connectivity index (χ2v) is 4.70. The van der Waals surface area contributed by atoms with Crippen molar-refractivity contribution in [2.45, 2.75) is 32.1 Å². The van der Waals surface area contributed by atoms with Crippen LogP contribution >= 0.6 is 0 Å². The fraction of sp³-hybridized carbons (Fsp3) is 0.571. The molecule has 0 unspecified atom stereocenters. The summed E-state index contributed by atoms with van der Waals surface area (Å²) < 4.78 is 23.9. The molecule has 0 spiro atoms. The van der Waals surface area contributed by atoms with Gasteiger partial charge >= 0.3 is 5.97 Å². The van der Waals surface area contributed by atoms with E-state index in [0.29, 0.717) is 24.0 Å². The number of pyridine rings is 1. The molecule has 2 rings (SSSR count). The number of halogens is 1. The van der Waals surface area contributed by atoms with Gasteiger partial charge in [-0.3, -0.25) is 4.79 Å². The molecule has 0 aromatic carbocycles. The van der Waals surface area contributed by atoms with Crippen LogP contribution in [-0.4, -0.2) is 24.7 Å². The van der Waals surface area contributed by atoms with Gasteiger partial charge in [0.15, 0.2) is 0 Å². The fourth-order valence-electron chi connectivity index (χ4n) is 2.26. The van der Waals surface area contributed by atoms with Crippen molar-refractivity contribution in [3.05, 3.63) is 23.6 Å². The minimum atomic E-state index is -0.387. The highest BCUT2D eigenvalue weighted by Crippen LogP contribution is 2.45. The normalized spacial score (nSPS) is 15.9. The summed E-state index contributed by atoms with van der Waals surface area (Å²) >= 11 is 0. The number of aromatic nitrogens is 1. The van der Waals surface area contributed by atoms with Crippen molar-refractivity contribution in [3.8, 4) is 5.88 Å². The molecule has 1 aromatic rings. The summed E-state index contributed by atoms with van der Waals surface area (Å²) in [5.41, 5.74) is 0.502. The first-order valence-corrected chi connectivity index (χ1v) is 6.50. The van der Waals surface area contributed by atoms with Gasteiger partial charge in [-0.1, -0.05) is 0 Å². The molecule has 5 heteroatoms. The Morgan fingerprint density at radius 3 is 2.89 bits per heavy atom. The van der Waals surface area contributed by atoms with E-state index in [0.717, 1.165) is 19.0 Å². The van der Waals surface area contributed by atoms with E-state index in [-0.39, 0.29) is 24.1 Å². The third-order valence-corrected chi connectivity index (χ3v) is 3.35. The van der Waals surface area contributed by atoms with Gasteiger partial charge in [0.2, 0.25) is 5.88 Å². The largest absolute Gasteiger partial charge is 0.481 e. The number of esters is 1. The summed E-state index contributed by atoms with van der Waals surface area (Å²) in [6, 6.07) is 1.58. The molecule has 0 aliphatic heterocycles. The maximum absolute atomic E-state index is 13.9. The lowest BCUT2D eigenvalue weighted by Crippen LogP contribution is -2.13. The number of rotatable bonds is 6. The predicted octanol–water partition coefficient (Wildman–Crippen LogP) is 2.68. The lowest BCUT2D eigenvalue weighted by atomic mass is 9.91. The maximum atomic E-state index is 13.9. The zero-order valence-corrected chi connectivity index (χ0v) is 11.2. The first-order chi connectivity index (χ1) is 9.15. The highest BCUT2D eigenvalue weighted by atomic mass is 19.1. The van der Waals surface area contributed by atoms with Gasteiger partial charge in [-0.05, 0) is 31.2 Å². The quantitative estimate of drug-likeness (QED) is 0.743. The number of hydrogen-bond acceptors (Lipinski definition) is 4. The zero-order chi connectivity index (χ0) is 13.8. The molecule has 4 nitrogen and oxygen atoms in total. The molecule has 0 radical (unpaired) electrons. The lowest BCUT2D eigenvalue weighted by Gasteiger charge is -2.17. The Balaban J connectivity index is 2.21. The van der Waals surface area contributed by atoms with Gasteiger partial charge < -0.3 is 9.47 Å². The van der Waals surface area contributed by atoms with Crippen LogP contribution < -0.4 is 4.74 Å². The van der Waals surface area contributed by atoms with Crippen molar-refractivity contribution in [2.24, 2.45) is 5.92 Å². The van der Waals surface area contributed by atoms with E-state index in [9.17, 15) is 9.18 Å². The van der Waals surface area contributed by atoms with Crippen LogP contribution in [0, 0.1) is 11.7 Å². The van der Waals surface area contributed by atoms with Gasteiger partial charge in [-0.25, -0.2) is 9.37 Å². The summed E-state index contributed by atoms with van der Waals surface area (Å²) in [6.45, 7) is 2.11. The third kappa shape index (κ3) is 3.43. The number of hydrogen-bond donors (Lipinski definition) is 0. The number of methoxy groups -OCH3 is 1. The number of carbonyl (C=O) groups is 1. The van der Waals surface area contributed by atoms with Gasteiger partial charge in [0.25, 0.3) is 0 Å². The van der Waals surface area contributed by atoms with Crippen LogP contribution in [0.3, 0.4) is 0 Å². The molecule has 0 bridgehead atoms. The monoisotopic (exact) mass is 267 g/mol. The molecule has 19 heavy (non-hydrogen) atoms. The highest BCUT2D eigenvalue weighted by molar-refractivity contribution is 5.70. The second-order valence-electron chi connectivity index (χ2n) is 4.70. The smallest absolute Gasteiger partial charge is 0.306 e. The molecule has 1 aliphatic carbocycles. The van der Waals surface area contributed by atoms with Crippen LogP contribution in [0.5, 0.6) is 5.88 Å². The topological polar surface area (TPSA) is 48.4 Å². The van der Waals surface area contributed by atoms with Crippen LogP contribution in [0.1, 0.15) is 37.7 Å². The first-order valence-electron chi connectivity index (χ1n) is 6.50. The van der Waals surface area contributed by atoms with Gasteiger partial charge in [0.1, 0.15) is 5.82 Å². The lowest BCUT2D eigenvalue weighted by molar-refractivity contribution is -0.143. The molecule has 1 heterocycles. The SMILES string of the molecule is CCOC(=O)C[C@H](c1cc(OC)ncc1F)C1CC1. The molecule has 0 N–H and O–H groups in total. The zero-order valence-electron chi connectivity index (χ0n) is 11.2. The van der Waals surface area contributed by atoms with E-state index in [1.165, 1.54) is 7.11 Å². The standard InChI is InChI=1S/C14H18FNO3/c1-3-19-14(17)7-10(9-4-5-9)11-6-13(18-2)16-8-12(11)15/h6,8-10H,3-5,7H2,1-2H3/t10-/m0/s1. The van der Waals surface area contributed by atoms with Gasteiger partial charge in [0, 0.05) is 12.0 Å². The van der Waals surface area contributed by atoms with E-state index in [1.807, 2.05) is 0 Å².